The molecule has 3 heteroatoms. The Morgan fingerprint density at radius 3 is 2.65 bits per heavy atom. The molecule has 0 radical (unpaired) electrons. The molecule has 0 aromatic carbocycles. The number of hydrogen-bond acceptors (Lipinski definition) is 3. The van der Waals surface area contributed by atoms with Gasteiger partial charge >= 0.3 is 0 Å². The maximum Gasteiger partial charge on any atom is 0.109 e. The average molecular weight is 252 g/mol. The van der Waals surface area contributed by atoms with E-state index in [0.717, 1.165) is 5.92 Å². The lowest BCUT2D eigenvalue weighted by Gasteiger charge is -2.18. The van der Waals surface area contributed by atoms with E-state index in [1.165, 1.54) is 55.0 Å². The summed E-state index contributed by atoms with van der Waals surface area (Å²) in [4.78, 5) is 5.76. The van der Waals surface area contributed by atoms with Crippen LogP contribution in [0.1, 0.15) is 61.4 Å². The fourth-order valence-electron chi connectivity index (χ4n) is 2.57. The summed E-state index contributed by atoms with van der Waals surface area (Å²) in [5.41, 5.74) is 0. The highest BCUT2D eigenvalue weighted by Gasteiger charge is 2.14. The van der Waals surface area contributed by atoms with Gasteiger partial charge in [0.1, 0.15) is 5.01 Å². The van der Waals surface area contributed by atoms with Crippen molar-refractivity contribution in [2.75, 3.05) is 6.54 Å². The van der Waals surface area contributed by atoms with Crippen LogP contribution in [-0.2, 0) is 0 Å². The van der Waals surface area contributed by atoms with E-state index in [4.69, 9.17) is 0 Å². The molecule has 1 N–H and O–H groups in total. The van der Waals surface area contributed by atoms with E-state index in [-0.39, 0.29) is 0 Å². The fourth-order valence-corrected chi connectivity index (χ4v) is 3.37. The van der Waals surface area contributed by atoms with Crippen LogP contribution in [0.4, 0.5) is 0 Å². The van der Waals surface area contributed by atoms with Gasteiger partial charge in [-0.2, -0.15) is 0 Å². The van der Waals surface area contributed by atoms with Crippen LogP contribution in [0.3, 0.4) is 0 Å². The highest BCUT2D eigenvalue weighted by Crippen LogP contribution is 2.24. The van der Waals surface area contributed by atoms with Gasteiger partial charge < -0.3 is 5.32 Å². The minimum Gasteiger partial charge on any atom is -0.308 e. The van der Waals surface area contributed by atoms with Crippen molar-refractivity contribution in [3.63, 3.8) is 0 Å². The Kier molecular flexibility index (Phi) is 4.99. The van der Waals surface area contributed by atoms with Crippen molar-refractivity contribution < 1.29 is 0 Å². The zero-order valence-corrected chi connectivity index (χ0v) is 11.9. The summed E-state index contributed by atoms with van der Waals surface area (Å²) in [5.74, 6) is 0.890. The third-order valence-electron chi connectivity index (χ3n) is 3.70. The Bertz CT molecular complexity index is 327. The van der Waals surface area contributed by atoms with Crippen molar-refractivity contribution in [3.05, 3.63) is 16.1 Å². The first kappa shape index (κ1) is 13.0. The first-order valence-electron chi connectivity index (χ1n) is 6.91. The third kappa shape index (κ3) is 4.07. The molecule has 1 aliphatic rings. The summed E-state index contributed by atoms with van der Waals surface area (Å²) < 4.78 is 0. The molecular weight excluding hydrogens is 228 g/mol. The molecule has 0 bridgehead atoms. The first-order chi connectivity index (χ1) is 8.25. The molecule has 0 saturated heterocycles. The summed E-state index contributed by atoms with van der Waals surface area (Å²) in [5, 5.41) is 4.89. The van der Waals surface area contributed by atoms with E-state index in [2.05, 4.69) is 24.1 Å². The van der Waals surface area contributed by atoms with E-state index in [1.54, 1.807) is 0 Å². The molecule has 0 amide bonds. The molecule has 96 valence electrons. The van der Waals surface area contributed by atoms with E-state index < -0.39 is 0 Å². The second kappa shape index (κ2) is 6.50. The smallest absolute Gasteiger partial charge is 0.109 e. The van der Waals surface area contributed by atoms with Gasteiger partial charge in [-0.1, -0.05) is 25.7 Å². The summed E-state index contributed by atoms with van der Waals surface area (Å²) >= 11 is 1.81. The van der Waals surface area contributed by atoms with Crippen LogP contribution in [0.25, 0.3) is 0 Å². The summed E-state index contributed by atoms with van der Waals surface area (Å²) in [6, 6.07) is 0.414. The van der Waals surface area contributed by atoms with Gasteiger partial charge in [0.25, 0.3) is 0 Å². The van der Waals surface area contributed by atoms with Gasteiger partial charge in [0, 0.05) is 11.1 Å². The predicted octanol–water partition coefficient (Wildman–Crippen LogP) is 4.07. The second-order valence-electron chi connectivity index (χ2n) is 5.30. The quantitative estimate of drug-likeness (QED) is 0.817. The van der Waals surface area contributed by atoms with E-state index in [9.17, 15) is 0 Å². The lowest BCUT2D eigenvalue weighted by molar-refractivity contribution is 0.402. The molecule has 17 heavy (non-hydrogen) atoms. The zero-order chi connectivity index (χ0) is 12.1. The Balaban J connectivity index is 1.77. The summed E-state index contributed by atoms with van der Waals surface area (Å²) in [7, 11) is 0. The standard InChI is InChI=1S/C14H24N2S/c1-11-9-16-14(17-11)12(2)15-10-13-7-5-3-4-6-8-13/h9,12-13,15H,3-8,10H2,1-2H3. The van der Waals surface area contributed by atoms with Crippen LogP contribution in [0.15, 0.2) is 6.20 Å². The number of aryl methyl sites for hydroxylation is 1. The van der Waals surface area contributed by atoms with Crippen LogP contribution < -0.4 is 5.32 Å². The lowest BCUT2D eigenvalue weighted by atomic mass is 10.0. The van der Waals surface area contributed by atoms with E-state index in [1.807, 2.05) is 17.5 Å². The monoisotopic (exact) mass is 252 g/mol. The molecule has 1 aromatic rings. The fraction of sp³-hybridized carbons (Fsp3) is 0.786. The maximum atomic E-state index is 4.45. The Labute approximate surface area is 109 Å². The van der Waals surface area contributed by atoms with Crippen LogP contribution in [0.5, 0.6) is 0 Å². The molecule has 1 heterocycles. The van der Waals surface area contributed by atoms with Gasteiger partial charge in [0.2, 0.25) is 0 Å². The van der Waals surface area contributed by atoms with Crippen molar-refractivity contribution in [3.8, 4) is 0 Å². The van der Waals surface area contributed by atoms with Crippen molar-refractivity contribution in [2.24, 2.45) is 5.92 Å². The largest absolute Gasteiger partial charge is 0.308 e. The highest BCUT2D eigenvalue weighted by atomic mass is 32.1. The van der Waals surface area contributed by atoms with Crippen molar-refractivity contribution in [1.82, 2.24) is 10.3 Å². The van der Waals surface area contributed by atoms with Crippen molar-refractivity contribution >= 4 is 11.3 Å². The van der Waals surface area contributed by atoms with Crippen LogP contribution >= 0.6 is 11.3 Å². The molecule has 2 nitrogen and oxygen atoms in total. The predicted molar refractivity (Wildman–Crippen MR) is 74.5 cm³/mol. The highest BCUT2D eigenvalue weighted by molar-refractivity contribution is 7.11. The minimum absolute atomic E-state index is 0.414. The number of aromatic nitrogens is 1. The molecule has 2 rings (SSSR count). The Hall–Kier alpha value is -0.410. The van der Waals surface area contributed by atoms with Crippen LogP contribution in [-0.4, -0.2) is 11.5 Å². The van der Waals surface area contributed by atoms with Gasteiger partial charge in [-0.3, -0.25) is 0 Å². The molecule has 0 aliphatic heterocycles. The molecular formula is C14H24N2S. The van der Waals surface area contributed by atoms with Crippen molar-refractivity contribution in [2.45, 2.75) is 58.4 Å². The third-order valence-corrected chi connectivity index (χ3v) is 4.79. The topological polar surface area (TPSA) is 24.9 Å². The normalized spacial score (nSPS) is 20.1. The molecule has 0 spiro atoms. The van der Waals surface area contributed by atoms with E-state index in [0.29, 0.717) is 6.04 Å². The average Bonchev–Trinajstić information content (AvgIpc) is 2.61. The summed E-state index contributed by atoms with van der Waals surface area (Å²) in [6.07, 6.45) is 10.5. The van der Waals surface area contributed by atoms with Gasteiger partial charge in [-0.25, -0.2) is 4.98 Å². The summed E-state index contributed by atoms with van der Waals surface area (Å²) in [6.45, 7) is 5.52. The number of thiazole rings is 1. The van der Waals surface area contributed by atoms with Gasteiger partial charge in [-0.15, -0.1) is 11.3 Å². The molecule has 1 atom stereocenters. The number of hydrogen-bond donors (Lipinski definition) is 1. The maximum absolute atomic E-state index is 4.45. The Morgan fingerprint density at radius 1 is 1.35 bits per heavy atom. The Morgan fingerprint density at radius 2 is 2.06 bits per heavy atom. The first-order valence-corrected chi connectivity index (χ1v) is 7.73. The van der Waals surface area contributed by atoms with Gasteiger partial charge in [-0.05, 0) is 39.2 Å². The molecule has 1 unspecified atom stereocenters. The lowest BCUT2D eigenvalue weighted by Crippen LogP contribution is -2.25. The second-order valence-corrected chi connectivity index (χ2v) is 6.56. The van der Waals surface area contributed by atoms with E-state index >= 15 is 0 Å². The van der Waals surface area contributed by atoms with Crippen LogP contribution in [0, 0.1) is 12.8 Å². The van der Waals surface area contributed by atoms with Crippen molar-refractivity contribution in [1.29, 1.82) is 0 Å². The number of nitrogens with one attached hydrogen (secondary N) is 1. The molecule has 1 aliphatic carbocycles. The van der Waals surface area contributed by atoms with Gasteiger partial charge in [0.15, 0.2) is 0 Å². The zero-order valence-electron chi connectivity index (χ0n) is 11.0. The van der Waals surface area contributed by atoms with Gasteiger partial charge in [0.05, 0.1) is 6.04 Å². The molecule has 1 saturated carbocycles. The number of rotatable bonds is 4. The minimum atomic E-state index is 0.414. The molecule has 1 fully saturated rings. The number of nitrogens with zero attached hydrogens (tertiary/aromatic N) is 1. The SMILES string of the molecule is Cc1cnc(C(C)NCC2CCCCCC2)s1. The van der Waals surface area contributed by atoms with Crippen LogP contribution in [0.2, 0.25) is 0 Å². The molecule has 1 aromatic heterocycles.